The van der Waals surface area contributed by atoms with Crippen LogP contribution < -0.4 is 10.1 Å². The molecule has 0 aliphatic carbocycles. The van der Waals surface area contributed by atoms with Crippen LogP contribution in [0.4, 0.5) is 5.82 Å². The Kier molecular flexibility index (Phi) is 3.31. The summed E-state index contributed by atoms with van der Waals surface area (Å²) in [6.45, 7) is 2.49. The van der Waals surface area contributed by atoms with Crippen LogP contribution in [0, 0.1) is 6.92 Å². The maximum absolute atomic E-state index is 5.07. The van der Waals surface area contributed by atoms with Crippen molar-refractivity contribution < 1.29 is 4.74 Å². The van der Waals surface area contributed by atoms with E-state index < -0.39 is 0 Å². The molecule has 6 heteroatoms. The molecule has 0 fully saturated rings. The van der Waals surface area contributed by atoms with E-state index >= 15 is 0 Å². The largest absolute Gasteiger partial charge is 0.481 e. The van der Waals surface area contributed by atoms with Gasteiger partial charge in [0.1, 0.15) is 16.6 Å². The zero-order valence-electron chi connectivity index (χ0n) is 9.10. The van der Waals surface area contributed by atoms with E-state index in [1.165, 1.54) is 0 Å². The molecule has 0 unspecified atom stereocenters. The zero-order valence-corrected chi connectivity index (χ0v) is 9.91. The Labute approximate surface area is 97.5 Å². The fourth-order valence-electron chi connectivity index (χ4n) is 1.24. The summed E-state index contributed by atoms with van der Waals surface area (Å²) in [5.74, 6) is 2.00. The topological polar surface area (TPSA) is 59.9 Å². The molecule has 0 aliphatic heterocycles. The van der Waals surface area contributed by atoms with Gasteiger partial charge in [0.15, 0.2) is 0 Å². The highest BCUT2D eigenvalue weighted by atomic mass is 32.1. The number of anilines is 1. The van der Waals surface area contributed by atoms with Crippen LogP contribution in [-0.4, -0.2) is 22.1 Å². The molecule has 0 bridgehead atoms. The number of aromatic nitrogens is 3. The van der Waals surface area contributed by atoms with Crippen LogP contribution in [0.2, 0.25) is 0 Å². The van der Waals surface area contributed by atoms with Crippen molar-refractivity contribution in [3.8, 4) is 5.88 Å². The molecule has 2 heterocycles. The fourth-order valence-corrected chi connectivity index (χ4v) is 1.80. The molecule has 1 N–H and O–H groups in total. The van der Waals surface area contributed by atoms with Gasteiger partial charge in [-0.3, -0.25) is 0 Å². The summed E-state index contributed by atoms with van der Waals surface area (Å²) in [7, 11) is 1.59. The van der Waals surface area contributed by atoms with Crippen LogP contribution in [0.3, 0.4) is 0 Å². The van der Waals surface area contributed by atoms with Crippen molar-refractivity contribution in [1.82, 2.24) is 15.0 Å². The number of thiazole rings is 1. The van der Waals surface area contributed by atoms with Gasteiger partial charge in [-0.1, -0.05) is 0 Å². The Balaban J connectivity index is 2.06. The first-order valence-corrected chi connectivity index (χ1v) is 5.68. The Morgan fingerprint density at radius 2 is 2.31 bits per heavy atom. The van der Waals surface area contributed by atoms with Gasteiger partial charge in [-0.25, -0.2) is 9.97 Å². The van der Waals surface area contributed by atoms with E-state index in [4.69, 9.17) is 4.74 Å². The number of nitrogens with zero attached hydrogens (tertiary/aromatic N) is 3. The Morgan fingerprint density at radius 3 is 3.00 bits per heavy atom. The van der Waals surface area contributed by atoms with Gasteiger partial charge in [-0.05, 0) is 6.92 Å². The third-order valence-corrected chi connectivity index (χ3v) is 2.71. The number of hydrogen-bond donors (Lipinski definition) is 1. The lowest BCUT2D eigenvalue weighted by atomic mass is 10.5. The Hall–Kier alpha value is -1.69. The minimum absolute atomic E-state index is 0.564. The number of nitrogens with one attached hydrogen (secondary N) is 1. The number of rotatable bonds is 4. The van der Waals surface area contributed by atoms with Crippen molar-refractivity contribution in [3.05, 3.63) is 28.5 Å². The van der Waals surface area contributed by atoms with E-state index in [-0.39, 0.29) is 0 Å². The average Bonchev–Trinajstić information content (AvgIpc) is 2.78. The summed E-state index contributed by atoms with van der Waals surface area (Å²) in [6, 6.07) is 1.76. The van der Waals surface area contributed by atoms with E-state index in [2.05, 4.69) is 20.3 Å². The minimum atomic E-state index is 0.564. The Morgan fingerprint density at radius 1 is 1.44 bits per heavy atom. The van der Waals surface area contributed by atoms with Gasteiger partial charge in [0, 0.05) is 17.6 Å². The number of aryl methyl sites for hydroxylation is 1. The van der Waals surface area contributed by atoms with Gasteiger partial charge in [0.25, 0.3) is 0 Å². The van der Waals surface area contributed by atoms with Crippen molar-refractivity contribution in [3.63, 3.8) is 0 Å². The first-order valence-electron chi connectivity index (χ1n) is 4.80. The van der Waals surface area contributed by atoms with E-state index in [0.717, 1.165) is 10.8 Å². The SMILES string of the molecule is COc1cc(NCc2nccs2)nc(C)n1. The van der Waals surface area contributed by atoms with Crippen molar-refractivity contribution in [2.75, 3.05) is 12.4 Å². The molecule has 0 saturated heterocycles. The quantitative estimate of drug-likeness (QED) is 0.878. The maximum Gasteiger partial charge on any atom is 0.218 e. The van der Waals surface area contributed by atoms with Crippen LogP contribution in [0.1, 0.15) is 10.8 Å². The fraction of sp³-hybridized carbons (Fsp3) is 0.300. The van der Waals surface area contributed by atoms with E-state index in [1.807, 2.05) is 12.3 Å². The molecule has 0 amide bonds. The van der Waals surface area contributed by atoms with Crippen LogP contribution in [0.25, 0.3) is 0 Å². The number of methoxy groups -OCH3 is 1. The van der Waals surface area contributed by atoms with Crippen LogP contribution in [-0.2, 0) is 6.54 Å². The highest BCUT2D eigenvalue weighted by molar-refractivity contribution is 7.09. The molecule has 2 aromatic rings. The highest BCUT2D eigenvalue weighted by Gasteiger charge is 2.02. The summed E-state index contributed by atoms with van der Waals surface area (Å²) >= 11 is 1.61. The monoisotopic (exact) mass is 236 g/mol. The van der Waals surface area contributed by atoms with Gasteiger partial charge < -0.3 is 10.1 Å². The minimum Gasteiger partial charge on any atom is -0.481 e. The highest BCUT2D eigenvalue weighted by Crippen LogP contribution is 2.14. The lowest BCUT2D eigenvalue weighted by molar-refractivity contribution is 0.396. The molecule has 16 heavy (non-hydrogen) atoms. The molecule has 0 saturated carbocycles. The molecule has 84 valence electrons. The Bertz CT molecular complexity index is 458. The van der Waals surface area contributed by atoms with Gasteiger partial charge in [-0.15, -0.1) is 11.3 Å². The average molecular weight is 236 g/mol. The van der Waals surface area contributed by atoms with Crippen molar-refractivity contribution >= 4 is 17.2 Å². The lowest BCUT2D eigenvalue weighted by Crippen LogP contribution is -2.03. The van der Waals surface area contributed by atoms with Gasteiger partial charge >= 0.3 is 0 Å². The van der Waals surface area contributed by atoms with E-state index in [1.54, 1.807) is 30.7 Å². The molecule has 0 aliphatic rings. The lowest BCUT2D eigenvalue weighted by Gasteiger charge is -2.06. The standard InChI is InChI=1S/C10H12N4OS/c1-7-13-8(5-9(14-7)15-2)12-6-10-11-3-4-16-10/h3-5H,6H2,1-2H3,(H,12,13,14). The van der Waals surface area contributed by atoms with Gasteiger partial charge in [-0.2, -0.15) is 4.98 Å². The predicted molar refractivity (Wildman–Crippen MR) is 62.8 cm³/mol. The molecule has 2 aromatic heterocycles. The zero-order chi connectivity index (χ0) is 11.4. The summed E-state index contributed by atoms with van der Waals surface area (Å²) < 4.78 is 5.07. The second kappa shape index (κ2) is 4.89. The summed E-state index contributed by atoms with van der Waals surface area (Å²) in [5, 5.41) is 6.15. The second-order valence-electron chi connectivity index (χ2n) is 3.12. The molecular weight excluding hydrogens is 224 g/mol. The third kappa shape index (κ3) is 2.66. The molecule has 0 radical (unpaired) electrons. The van der Waals surface area contributed by atoms with Gasteiger partial charge in [0.2, 0.25) is 5.88 Å². The molecular formula is C10H12N4OS. The van der Waals surface area contributed by atoms with Crippen molar-refractivity contribution in [2.24, 2.45) is 0 Å². The van der Waals surface area contributed by atoms with Gasteiger partial charge in [0.05, 0.1) is 13.7 Å². The van der Waals surface area contributed by atoms with E-state index in [0.29, 0.717) is 18.2 Å². The summed E-state index contributed by atoms with van der Waals surface area (Å²) in [5.41, 5.74) is 0. The first-order chi connectivity index (χ1) is 7.78. The van der Waals surface area contributed by atoms with Crippen LogP contribution >= 0.6 is 11.3 Å². The normalized spacial score (nSPS) is 10.1. The molecule has 0 spiro atoms. The summed E-state index contributed by atoms with van der Waals surface area (Å²) in [6.07, 6.45) is 1.79. The maximum atomic E-state index is 5.07. The first kappa shape index (κ1) is 10.8. The number of hydrogen-bond acceptors (Lipinski definition) is 6. The molecule has 5 nitrogen and oxygen atoms in total. The van der Waals surface area contributed by atoms with E-state index in [9.17, 15) is 0 Å². The second-order valence-corrected chi connectivity index (χ2v) is 4.10. The summed E-state index contributed by atoms with van der Waals surface area (Å²) in [4.78, 5) is 12.5. The van der Waals surface area contributed by atoms with Crippen molar-refractivity contribution in [2.45, 2.75) is 13.5 Å². The number of ether oxygens (including phenoxy) is 1. The third-order valence-electron chi connectivity index (χ3n) is 1.93. The predicted octanol–water partition coefficient (Wildman–Crippen LogP) is 1.86. The molecule has 0 atom stereocenters. The molecule has 2 rings (SSSR count). The smallest absolute Gasteiger partial charge is 0.218 e. The van der Waals surface area contributed by atoms with Crippen LogP contribution in [0.15, 0.2) is 17.6 Å². The van der Waals surface area contributed by atoms with Crippen LogP contribution in [0.5, 0.6) is 5.88 Å². The molecule has 0 aromatic carbocycles. The van der Waals surface area contributed by atoms with Crippen molar-refractivity contribution in [1.29, 1.82) is 0 Å².